The summed E-state index contributed by atoms with van der Waals surface area (Å²) < 4.78 is 0. The van der Waals surface area contributed by atoms with Crippen LogP contribution in [0.5, 0.6) is 0 Å². The van der Waals surface area contributed by atoms with Crippen LogP contribution >= 0.6 is 0 Å². The molecule has 2 fully saturated rings. The van der Waals surface area contributed by atoms with Gasteiger partial charge in [0.15, 0.2) is 0 Å². The first kappa shape index (κ1) is 14.1. The van der Waals surface area contributed by atoms with E-state index < -0.39 is 4.92 Å². The summed E-state index contributed by atoms with van der Waals surface area (Å²) in [5, 5.41) is 14.4. The summed E-state index contributed by atoms with van der Waals surface area (Å²) in [6.45, 7) is 6.86. The topological polar surface area (TPSA) is 94.1 Å². The third-order valence-corrected chi connectivity index (χ3v) is 5.60. The second kappa shape index (κ2) is 4.32. The predicted molar refractivity (Wildman–Crippen MR) is 81.9 cm³/mol. The van der Waals surface area contributed by atoms with E-state index >= 15 is 0 Å². The number of anilines is 2. The number of aromatic nitrogens is 1. The molecule has 3 rings (SSSR count). The lowest BCUT2D eigenvalue weighted by Crippen LogP contribution is -2.46. The summed E-state index contributed by atoms with van der Waals surface area (Å²) in [5.41, 5.74) is 6.07. The molecule has 6 heteroatoms. The molecule has 114 valence electrons. The van der Waals surface area contributed by atoms with Crippen molar-refractivity contribution in [2.24, 2.45) is 16.7 Å². The summed E-state index contributed by atoms with van der Waals surface area (Å²) in [6, 6.07) is 3.03. The SMILES string of the molecule is CC12CCC(C1)C(C)(C)C2Nc1cc([N+](=O)[O-])cc(N)n1. The maximum absolute atomic E-state index is 11.0. The van der Waals surface area contributed by atoms with E-state index in [1.807, 2.05) is 0 Å². The van der Waals surface area contributed by atoms with Gasteiger partial charge in [-0.3, -0.25) is 10.1 Å². The molecular weight excluding hydrogens is 268 g/mol. The van der Waals surface area contributed by atoms with Gasteiger partial charge < -0.3 is 11.1 Å². The van der Waals surface area contributed by atoms with Crippen molar-refractivity contribution >= 4 is 17.3 Å². The second-order valence-corrected chi connectivity index (χ2v) is 7.39. The molecule has 0 spiro atoms. The highest BCUT2D eigenvalue weighted by molar-refractivity contribution is 5.53. The largest absolute Gasteiger partial charge is 0.383 e. The standard InChI is InChI=1S/C15H22N4O2/c1-14(2)9-4-5-15(3,8-9)13(14)18-12-7-10(19(20)21)6-11(16)17-12/h6-7,9,13H,4-5,8H2,1-3H3,(H3,16,17,18). The van der Waals surface area contributed by atoms with Gasteiger partial charge in [-0.2, -0.15) is 0 Å². The predicted octanol–water partition coefficient (Wildman–Crippen LogP) is 3.20. The van der Waals surface area contributed by atoms with Crippen LogP contribution in [0.2, 0.25) is 0 Å². The monoisotopic (exact) mass is 290 g/mol. The van der Waals surface area contributed by atoms with Crippen LogP contribution in [-0.4, -0.2) is 15.9 Å². The van der Waals surface area contributed by atoms with E-state index in [1.165, 1.54) is 31.4 Å². The number of rotatable bonds is 3. The van der Waals surface area contributed by atoms with Crippen LogP contribution in [0.1, 0.15) is 40.0 Å². The average Bonchev–Trinajstić information content (AvgIpc) is 2.85. The van der Waals surface area contributed by atoms with Crippen molar-refractivity contribution in [2.75, 3.05) is 11.1 Å². The van der Waals surface area contributed by atoms with E-state index in [0.29, 0.717) is 11.7 Å². The number of nitrogens with two attached hydrogens (primary N) is 1. The Morgan fingerprint density at radius 1 is 1.43 bits per heavy atom. The van der Waals surface area contributed by atoms with Crippen LogP contribution in [0.25, 0.3) is 0 Å². The Bertz CT molecular complexity index is 597. The highest BCUT2D eigenvalue weighted by atomic mass is 16.6. The number of hydrogen-bond acceptors (Lipinski definition) is 5. The van der Waals surface area contributed by atoms with E-state index in [-0.39, 0.29) is 28.4 Å². The van der Waals surface area contributed by atoms with Gasteiger partial charge in [0.1, 0.15) is 11.6 Å². The van der Waals surface area contributed by atoms with Crippen molar-refractivity contribution in [1.29, 1.82) is 0 Å². The maximum atomic E-state index is 11.0. The summed E-state index contributed by atoms with van der Waals surface area (Å²) in [4.78, 5) is 14.7. The summed E-state index contributed by atoms with van der Waals surface area (Å²) in [5.74, 6) is 1.39. The fraction of sp³-hybridized carbons (Fsp3) is 0.667. The molecule has 3 N–H and O–H groups in total. The first-order valence-corrected chi connectivity index (χ1v) is 7.41. The fourth-order valence-electron chi connectivity index (χ4n) is 4.53. The molecule has 1 aromatic heterocycles. The molecule has 3 unspecified atom stereocenters. The van der Waals surface area contributed by atoms with Crippen molar-refractivity contribution in [3.8, 4) is 0 Å². The lowest BCUT2D eigenvalue weighted by atomic mass is 9.68. The van der Waals surface area contributed by atoms with Gasteiger partial charge in [0.25, 0.3) is 5.69 Å². The molecule has 2 aliphatic rings. The number of nitrogens with one attached hydrogen (secondary N) is 1. The minimum Gasteiger partial charge on any atom is -0.383 e. The first-order chi connectivity index (χ1) is 9.72. The highest BCUT2D eigenvalue weighted by Gasteiger charge is 2.59. The zero-order valence-electron chi connectivity index (χ0n) is 12.7. The molecular formula is C15H22N4O2. The van der Waals surface area contributed by atoms with E-state index in [0.717, 1.165) is 0 Å². The molecule has 2 bridgehead atoms. The summed E-state index contributed by atoms with van der Waals surface area (Å²) in [6.07, 6.45) is 3.68. The van der Waals surface area contributed by atoms with Gasteiger partial charge in [-0.25, -0.2) is 4.98 Å². The minimum absolute atomic E-state index is 0.0175. The summed E-state index contributed by atoms with van der Waals surface area (Å²) in [7, 11) is 0. The molecule has 0 radical (unpaired) electrons. The van der Waals surface area contributed by atoms with Gasteiger partial charge in [0.2, 0.25) is 0 Å². The smallest absolute Gasteiger partial charge is 0.276 e. The number of nitrogen functional groups attached to an aromatic ring is 1. The second-order valence-electron chi connectivity index (χ2n) is 7.39. The Hall–Kier alpha value is -1.85. The van der Waals surface area contributed by atoms with E-state index in [4.69, 9.17) is 5.73 Å². The molecule has 2 saturated carbocycles. The number of fused-ring (bicyclic) bond motifs is 2. The minimum atomic E-state index is -0.434. The molecule has 0 amide bonds. The molecule has 1 heterocycles. The third-order valence-electron chi connectivity index (χ3n) is 5.60. The number of nitro groups is 1. The number of pyridine rings is 1. The van der Waals surface area contributed by atoms with Crippen molar-refractivity contribution < 1.29 is 4.92 Å². The lowest BCUT2D eigenvalue weighted by Gasteiger charge is -2.43. The zero-order chi connectivity index (χ0) is 15.4. The van der Waals surface area contributed by atoms with Gasteiger partial charge in [0, 0.05) is 6.04 Å². The highest BCUT2D eigenvalue weighted by Crippen LogP contribution is 2.63. The van der Waals surface area contributed by atoms with E-state index in [2.05, 4.69) is 31.1 Å². The molecule has 2 aliphatic carbocycles. The molecule has 0 aliphatic heterocycles. The van der Waals surface area contributed by atoms with Crippen LogP contribution < -0.4 is 11.1 Å². The average molecular weight is 290 g/mol. The van der Waals surface area contributed by atoms with Gasteiger partial charge in [-0.15, -0.1) is 0 Å². The molecule has 0 saturated heterocycles. The van der Waals surface area contributed by atoms with E-state index in [1.54, 1.807) is 0 Å². The number of hydrogen-bond donors (Lipinski definition) is 2. The van der Waals surface area contributed by atoms with Crippen molar-refractivity contribution in [2.45, 2.75) is 46.1 Å². The Morgan fingerprint density at radius 2 is 2.14 bits per heavy atom. The zero-order valence-corrected chi connectivity index (χ0v) is 12.7. The molecule has 3 atom stereocenters. The van der Waals surface area contributed by atoms with Crippen molar-refractivity contribution in [1.82, 2.24) is 4.98 Å². The van der Waals surface area contributed by atoms with Crippen molar-refractivity contribution in [3.05, 3.63) is 22.2 Å². The molecule has 6 nitrogen and oxygen atoms in total. The fourth-order valence-corrected chi connectivity index (χ4v) is 4.53. The van der Waals surface area contributed by atoms with Gasteiger partial charge >= 0.3 is 0 Å². The first-order valence-electron chi connectivity index (χ1n) is 7.41. The third kappa shape index (κ3) is 2.13. The Labute approximate surface area is 124 Å². The molecule has 1 aromatic rings. The normalized spacial score (nSPS) is 33.1. The quantitative estimate of drug-likeness (QED) is 0.658. The van der Waals surface area contributed by atoms with Crippen LogP contribution in [0, 0.1) is 26.9 Å². The van der Waals surface area contributed by atoms with Gasteiger partial charge in [0.05, 0.1) is 17.1 Å². The van der Waals surface area contributed by atoms with Crippen LogP contribution in [0.4, 0.5) is 17.3 Å². The van der Waals surface area contributed by atoms with Crippen LogP contribution in [-0.2, 0) is 0 Å². The van der Waals surface area contributed by atoms with Crippen molar-refractivity contribution in [3.63, 3.8) is 0 Å². The van der Waals surface area contributed by atoms with Crippen LogP contribution in [0.15, 0.2) is 12.1 Å². The summed E-state index contributed by atoms with van der Waals surface area (Å²) >= 11 is 0. The van der Waals surface area contributed by atoms with Crippen LogP contribution in [0.3, 0.4) is 0 Å². The van der Waals surface area contributed by atoms with Gasteiger partial charge in [-0.1, -0.05) is 20.8 Å². The Kier molecular flexibility index (Phi) is 2.90. The Balaban J connectivity index is 1.92. The lowest BCUT2D eigenvalue weighted by molar-refractivity contribution is -0.384. The molecule has 21 heavy (non-hydrogen) atoms. The maximum Gasteiger partial charge on any atom is 0.276 e. The number of nitrogens with zero attached hydrogens (tertiary/aromatic N) is 2. The van der Waals surface area contributed by atoms with E-state index in [9.17, 15) is 10.1 Å². The Morgan fingerprint density at radius 3 is 2.71 bits per heavy atom. The molecule has 0 aromatic carbocycles. The van der Waals surface area contributed by atoms with Gasteiger partial charge in [-0.05, 0) is 36.0 Å².